The number of hydrogen-bond donors (Lipinski definition) is 0. The van der Waals surface area contributed by atoms with Crippen LogP contribution < -0.4 is 4.74 Å². The van der Waals surface area contributed by atoms with Gasteiger partial charge in [-0.2, -0.15) is 8.78 Å². The van der Waals surface area contributed by atoms with Gasteiger partial charge in [-0.1, -0.05) is 32.0 Å². The van der Waals surface area contributed by atoms with Gasteiger partial charge in [-0.15, -0.1) is 0 Å². The maximum absolute atomic E-state index is 12.0. The Morgan fingerprint density at radius 1 is 1.05 bits per heavy atom. The predicted molar refractivity (Wildman–Crippen MR) is 72.4 cm³/mol. The van der Waals surface area contributed by atoms with E-state index in [0.29, 0.717) is 0 Å². The Hall–Kier alpha value is -1.97. The van der Waals surface area contributed by atoms with Crippen molar-refractivity contribution in [2.75, 3.05) is 0 Å². The molecule has 0 N–H and O–H groups in total. The Morgan fingerprint density at radius 3 is 2.21 bits per heavy atom. The lowest BCUT2D eigenvalue weighted by molar-refractivity contribution is -0.0498. The van der Waals surface area contributed by atoms with E-state index in [4.69, 9.17) is 0 Å². The summed E-state index contributed by atoms with van der Waals surface area (Å²) in [7, 11) is 0. The molecule has 0 aliphatic rings. The average molecular weight is 265 g/mol. The third kappa shape index (κ3) is 4.32. The molecule has 0 bridgehead atoms. The van der Waals surface area contributed by atoms with E-state index in [-0.39, 0.29) is 5.75 Å². The van der Waals surface area contributed by atoms with Crippen molar-refractivity contribution in [1.29, 1.82) is 0 Å². The summed E-state index contributed by atoms with van der Waals surface area (Å²) in [4.78, 5) is 4.18. The molecule has 0 fully saturated rings. The molecule has 102 valence electrons. The fourth-order valence-corrected chi connectivity index (χ4v) is 1.61. The standard InChI is InChI=1S/C13H11F2NO.C2H6/c1-9-12(3-2-8-16-9)10-4-6-11(7-5-10)17-13(14)15;1-2/h2-8,13H,1H3;1-2H3. The number of hydrogen-bond acceptors (Lipinski definition) is 2. The van der Waals surface area contributed by atoms with E-state index >= 15 is 0 Å². The summed E-state index contributed by atoms with van der Waals surface area (Å²) in [6, 6.07) is 10.3. The van der Waals surface area contributed by atoms with Crippen molar-refractivity contribution in [3.8, 4) is 16.9 Å². The van der Waals surface area contributed by atoms with Gasteiger partial charge >= 0.3 is 6.61 Å². The van der Waals surface area contributed by atoms with Crippen LogP contribution in [0.5, 0.6) is 5.75 Å². The number of aromatic nitrogens is 1. The molecule has 1 heterocycles. The van der Waals surface area contributed by atoms with Crippen LogP contribution in [0.1, 0.15) is 19.5 Å². The quantitative estimate of drug-likeness (QED) is 0.803. The summed E-state index contributed by atoms with van der Waals surface area (Å²) in [5, 5.41) is 0. The van der Waals surface area contributed by atoms with E-state index in [1.807, 2.05) is 32.9 Å². The van der Waals surface area contributed by atoms with Gasteiger partial charge < -0.3 is 4.74 Å². The van der Waals surface area contributed by atoms with Crippen LogP contribution in [-0.4, -0.2) is 11.6 Å². The minimum atomic E-state index is -2.79. The van der Waals surface area contributed by atoms with Crippen LogP contribution in [0.2, 0.25) is 0 Å². The Labute approximate surface area is 112 Å². The molecule has 2 nitrogen and oxygen atoms in total. The number of ether oxygens (including phenoxy) is 1. The summed E-state index contributed by atoms with van der Waals surface area (Å²) in [6.07, 6.45) is 1.72. The third-order valence-electron chi connectivity index (χ3n) is 2.40. The molecule has 0 amide bonds. The van der Waals surface area contributed by atoms with Crippen molar-refractivity contribution in [1.82, 2.24) is 4.98 Å². The van der Waals surface area contributed by atoms with Crippen LogP contribution in [-0.2, 0) is 0 Å². The van der Waals surface area contributed by atoms with Crippen LogP contribution in [0.15, 0.2) is 42.6 Å². The molecule has 4 heteroatoms. The first-order chi connectivity index (χ1) is 9.16. The smallest absolute Gasteiger partial charge is 0.387 e. The van der Waals surface area contributed by atoms with Gasteiger partial charge in [0.15, 0.2) is 0 Å². The minimum absolute atomic E-state index is 0.158. The van der Waals surface area contributed by atoms with E-state index in [0.717, 1.165) is 16.8 Å². The fraction of sp³-hybridized carbons (Fsp3) is 0.267. The average Bonchev–Trinajstić information content (AvgIpc) is 2.42. The van der Waals surface area contributed by atoms with E-state index in [1.165, 1.54) is 12.1 Å². The SMILES string of the molecule is CC.Cc1ncccc1-c1ccc(OC(F)F)cc1. The molecule has 1 aromatic carbocycles. The Morgan fingerprint density at radius 2 is 1.68 bits per heavy atom. The predicted octanol–water partition coefficient (Wildman–Crippen LogP) is 4.68. The first kappa shape index (κ1) is 15.1. The van der Waals surface area contributed by atoms with E-state index in [2.05, 4.69) is 9.72 Å². The molecule has 0 saturated heterocycles. The highest BCUT2D eigenvalue weighted by molar-refractivity contribution is 5.66. The van der Waals surface area contributed by atoms with Gasteiger partial charge in [0.05, 0.1) is 0 Å². The maximum atomic E-state index is 12.0. The molecule has 0 atom stereocenters. The van der Waals surface area contributed by atoms with Gasteiger partial charge in [0.2, 0.25) is 0 Å². The Kier molecular flexibility index (Phi) is 5.93. The summed E-state index contributed by atoms with van der Waals surface area (Å²) in [5.74, 6) is 0.158. The Bertz CT molecular complexity index is 498. The van der Waals surface area contributed by atoms with Crippen LogP contribution in [0.3, 0.4) is 0 Å². The van der Waals surface area contributed by atoms with E-state index < -0.39 is 6.61 Å². The summed E-state index contributed by atoms with van der Waals surface area (Å²) in [5.41, 5.74) is 2.81. The highest BCUT2D eigenvalue weighted by Crippen LogP contribution is 2.24. The van der Waals surface area contributed by atoms with Crippen LogP contribution >= 0.6 is 0 Å². The number of alkyl halides is 2. The van der Waals surface area contributed by atoms with Gasteiger partial charge in [0.1, 0.15) is 5.75 Å². The molecule has 2 rings (SSSR count). The largest absolute Gasteiger partial charge is 0.435 e. The van der Waals surface area contributed by atoms with Gasteiger partial charge in [0, 0.05) is 17.5 Å². The normalized spacial score (nSPS) is 9.79. The molecular formula is C15H17F2NO. The van der Waals surface area contributed by atoms with Crippen molar-refractivity contribution in [2.24, 2.45) is 0 Å². The van der Waals surface area contributed by atoms with Gasteiger partial charge in [-0.3, -0.25) is 4.98 Å². The maximum Gasteiger partial charge on any atom is 0.387 e. The zero-order chi connectivity index (χ0) is 14.3. The zero-order valence-corrected chi connectivity index (χ0v) is 11.2. The van der Waals surface area contributed by atoms with Gasteiger partial charge in [0.25, 0.3) is 0 Å². The number of halogens is 2. The first-order valence-corrected chi connectivity index (χ1v) is 6.13. The first-order valence-electron chi connectivity index (χ1n) is 6.13. The highest BCUT2D eigenvalue weighted by Gasteiger charge is 2.05. The Balaban J connectivity index is 0.000000861. The molecule has 0 unspecified atom stereocenters. The molecule has 19 heavy (non-hydrogen) atoms. The molecule has 0 radical (unpaired) electrons. The lowest BCUT2D eigenvalue weighted by Gasteiger charge is -2.07. The lowest BCUT2D eigenvalue weighted by atomic mass is 10.0. The molecule has 0 saturated carbocycles. The molecule has 0 aliphatic heterocycles. The zero-order valence-electron chi connectivity index (χ0n) is 11.2. The second kappa shape index (κ2) is 7.46. The second-order valence-corrected chi connectivity index (χ2v) is 3.54. The van der Waals surface area contributed by atoms with Gasteiger partial charge in [-0.05, 0) is 30.7 Å². The molecule has 2 aromatic rings. The van der Waals surface area contributed by atoms with Crippen LogP contribution in [0, 0.1) is 6.92 Å². The van der Waals surface area contributed by atoms with Crippen molar-refractivity contribution in [3.05, 3.63) is 48.3 Å². The highest BCUT2D eigenvalue weighted by atomic mass is 19.3. The number of aryl methyl sites for hydroxylation is 1. The number of nitrogens with zero attached hydrogens (tertiary/aromatic N) is 1. The van der Waals surface area contributed by atoms with E-state index in [1.54, 1.807) is 18.3 Å². The third-order valence-corrected chi connectivity index (χ3v) is 2.40. The minimum Gasteiger partial charge on any atom is -0.435 e. The monoisotopic (exact) mass is 265 g/mol. The number of pyridine rings is 1. The molecule has 0 spiro atoms. The number of benzene rings is 1. The van der Waals surface area contributed by atoms with Crippen molar-refractivity contribution in [3.63, 3.8) is 0 Å². The van der Waals surface area contributed by atoms with Crippen LogP contribution in [0.25, 0.3) is 11.1 Å². The molecule has 1 aromatic heterocycles. The summed E-state index contributed by atoms with van der Waals surface area (Å²) in [6.45, 7) is 3.11. The van der Waals surface area contributed by atoms with Crippen molar-refractivity contribution < 1.29 is 13.5 Å². The topological polar surface area (TPSA) is 22.1 Å². The fourth-order valence-electron chi connectivity index (χ4n) is 1.61. The lowest BCUT2D eigenvalue weighted by Crippen LogP contribution is -2.01. The molecular weight excluding hydrogens is 248 g/mol. The van der Waals surface area contributed by atoms with Gasteiger partial charge in [-0.25, -0.2) is 0 Å². The van der Waals surface area contributed by atoms with Crippen molar-refractivity contribution in [2.45, 2.75) is 27.4 Å². The van der Waals surface area contributed by atoms with E-state index in [9.17, 15) is 8.78 Å². The van der Waals surface area contributed by atoms with Crippen LogP contribution in [0.4, 0.5) is 8.78 Å². The molecule has 0 aliphatic carbocycles. The summed E-state index contributed by atoms with van der Waals surface area (Å²) < 4.78 is 28.2. The second-order valence-electron chi connectivity index (χ2n) is 3.54. The van der Waals surface area contributed by atoms with Crippen molar-refractivity contribution >= 4 is 0 Å². The number of rotatable bonds is 3. The summed E-state index contributed by atoms with van der Waals surface area (Å²) >= 11 is 0.